The highest BCUT2D eigenvalue weighted by Gasteiger charge is 2.13. The summed E-state index contributed by atoms with van der Waals surface area (Å²) in [6.45, 7) is 0.274. The number of carbonyl (C=O) groups is 1. The molecule has 3 aromatic rings. The number of halogens is 5. The lowest BCUT2D eigenvalue weighted by molar-refractivity contribution is 0.0950. The van der Waals surface area contributed by atoms with Gasteiger partial charge in [-0.2, -0.15) is 0 Å². The van der Waals surface area contributed by atoms with Gasteiger partial charge in [0, 0.05) is 22.3 Å². The molecule has 0 aliphatic heterocycles. The quantitative estimate of drug-likeness (QED) is 0.241. The summed E-state index contributed by atoms with van der Waals surface area (Å²) in [7, 11) is 0. The summed E-state index contributed by atoms with van der Waals surface area (Å²) in [6.07, 6.45) is 0. The lowest BCUT2D eigenvalue weighted by Crippen LogP contribution is -2.24. The van der Waals surface area contributed by atoms with Crippen LogP contribution < -0.4 is 11.1 Å². The monoisotopic (exact) mass is 603 g/mol. The van der Waals surface area contributed by atoms with Crippen LogP contribution in [0.5, 0.6) is 0 Å². The molecule has 0 aliphatic carbocycles. The summed E-state index contributed by atoms with van der Waals surface area (Å²) < 4.78 is 27.1. The molecule has 0 saturated carbocycles. The predicted octanol–water partition coefficient (Wildman–Crippen LogP) is 6.77. The van der Waals surface area contributed by atoms with Gasteiger partial charge in [-0.1, -0.05) is 51.4 Å². The van der Waals surface area contributed by atoms with E-state index in [1.165, 1.54) is 42.1 Å². The Kier molecular flexibility index (Phi) is 10.1. The second-order valence-corrected chi connectivity index (χ2v) is 8.77. The van der Waals surface area contributed by atoms with Gasteiger partial charge in [0.05, 0.1) is 10.7 Å². The lowest BCUT2D eigenvalue weighted by Gasteiger charge is -2.11. The van der Waals surface area contributed by atoms with Gasteiger partial charge in [0.2, 0.25) is 0 Å². The number of rotatable bonds is 6. The van der Waals surface area contributed by atoms with Crippen LogP contribution in [0.25, 0.3) is 0 Å². The summed E-state index contributed by atoms with van der Waals surface area (Å²) in [5.74, 6) is -0.724. The molecule has 10 heteroatoms. The van der Waals surface area contributed by atoms with E-state index >= 15 is 0 Å². The van der Waals surface area contributed by atoms with Crippen LogP contribution in [0.1, 0.15) is 21.5 Å². The highest BCUT2D eigenvalue weighted by atomic mass is 79.9. The van der Waals surface area contributed by atoms with Crippen molar-refractivity contribution in [2.45, 2.75) is 12.3 Å². The van der Waals surface area contributed by atoms with Crippen LogP contribution in [0.3, 0.4) is 0 Å². The van der Waals surface area contributed by atoms with Gasteiger partial charge >= 0.3 is 0 Å². The molecule has 0 aliphatic rings. The number of nitrogens with one attached hydrogen (secondary N) is 1. The number of hydrogen-bond donors (Lipinski definition) is 2. The van der Waals surface area contributed by atoms with Gasteiger partial charge in [0.1, 0.15) is 11.6 Å². The minimum atomic E-state index is -0.530. The number of nitrogens with zero attached hydrogens (tertiary/aromatic N) is 1. The van der Waals surface area contributed by atoms with Crippen molar-refractivity contribution in [3.05, 3.63) is 98.5 Å². The Balaban J connectivity index is 0.00000363. The molecule has 168 valence electrons. The Labute approximate surface area is 212 Å². The summed E-state index contributed by atoms with van der Waals surface area (Å²) >= 11 is 10.4. The van der Waals surface area contributed by atoms with Crippen molar-refractivity contribution in [2.24, 2.45) is 10.7 Å². The van der Waals surface area contributed by atoms with Crippen molar-refractivity contribution in [3.8, 4) is 0 Å². The fraction of sp³-hybridized carbons (Fsp3) is 0.0909. The van der Waals surface area contributed by atoms with Gasteiger partial charge in [-0.15, -0.1) is 17.0 Å². The van der Waals surface area contributed by atoms with E-state index in [2.05, 4.69) is 26.2 Å². The zero-order valence-corrected chi connectivity index (χ0v) is 21.3. The molecule has 4 nitrogen and oxygen atoms in total. The highest BCUT2D eigenvalue weighted by Crippen LogP contribution is 2.25. The third-order valence-corrected chi connectivity index (χ3v) is 5.82. The Morgan fingerprint density at radius 1 is 1.09 bits per heavy atom. The molecule has 1 amide bonds. The van der Waals surface area contributed by atoms with Gasteiger partial charge in [-0.3, -0.25) is 4.79 Å². The first-order chi connectivity index (χ1) is 14.8. The van der Waals surface area contributed by atoms with Crippen LogP contribution in [0.15, 0.2) is 70.1 Å². The third kappa shape index (κ3) is 7.58. The summed E-state index contributed by atoms with van der Waals surface area (Å²) in [5.41, 5.74) is 8.46. The van der Waals surface area contributed by atoms with Crippen LogP contribution in [0, 0.1) is 11.6 Å². The first-order valence-electron chi connectivity index (χ1n) is 9.05. The molecule has 0 aromatic heterocycles. The van der Waals surface area contributed by atoms with Crippen molar-refractivity contribution >= 4 is 73.0 Å². The van der Waals surface area contributed by atoms with Crippen molar-refractivity contribution in [3.63, 3.8) is 0 Å². The van der Waals surface area contributed by atoms with Gasteiger partial charge in [-0.05, 0) is 59.7 Å². The van der Waals surface area contributed by atoms with Gasteiger partial charge in [-0.25, -0.2) is 13.8 Å². The van der Waals surface area contributed by atoms with Crippen LogP contribution in [-0.2, 0) is 12.3 Å². The Morgan fingerprint density at radius 2 is 1.81 bits per heavy atom. The molecular weight excluding hydrogens is 588 g/mol. The van der Waals surface area contributed by atoms with Gasteiger partial charge in [0.25, 0.3) is 5.91 Å². The molecule has 3 N–H and O–H groups in total. The number of amidine groups is 1. The summed E-state index contributed by atoms with van der Waals surface area (Å²) in [4.78, 5) is 16.9. The SMILES string of the molecule is Br.NC(=Nc1ccc(F)c(Cl)c1)SCc1cc(Br)ccc1C(=O)NCc1ccc(F)cc1. The fourth-order valence-corrected chi connectivity index (χ4v) is 3.94. The van der Waals surface area contributed by atoms with Gasteiger partial charge < -0.3 is 11.1 Å². The largest absolute Gasteiger partial charge is 0.378 e. The van der Waals surface area contributed by atoms with E-state index in [0.717, 1.165) is 15.6 Å². The van der Waals surface area contributed by atoms with E-state index < -0.39 is 5.82 Å². The molecule has 0 unspecified atom stereocenters. The maximum atomic E-state index is 13.3. The highest BCUT2D eigenvalue weighted by molar-refractivity contribution is 9.10. The predicted molar refractivity (Wildman–Crippen MR) is 136 cm³/mol. The van der Waals surface area contributed by atoms with Crippen molar-refractivity contribution < 1.29 is 13.6 Å². The number of hydrogen-bond acceptors (Lipinski definition) is 3. The molecular formula is C22H18Br2ClF2N3OS. The van der Waals surface area contributed by atoms with Crippen LogP contribution in [0.2, 0.25) is 5.02 Å². The molecule has 0 heterocycles. The summed E-state index contributed by atoms with van der Waals surface area (Å²) in [6, 6.07) is 15.3. The van der Waals surface area contributed by atoms with Crippen molar-refractivity contribution in [1.29, 1.82) is 0 Å². The van der Waals surface area contributed by atoms with Crippen LogP contribution >= 0.6 is 56.3 Å². The normalized spacial score (nSPS) is 11.1. The number of aliphatic imine (C=N–C) groups is 1. The maximum Gasteiger partial charge on any atom is 0.251 e. The molecule has 0 bridgehead atoms. The smallest absolute Gasteiger partial charge is 0.251 e. The molecule has 0 atom stereocenters. The lowest BCUT2D eigenvalue weighted by atomic mass is 10.1. The van der Waals surface area contributed by atoms with E-state index in [1.807, 2.05) is 6.07 Å². The first kappa shape index (κ1) is 26.3. The Bertz CT molecular complexity index is 1130. The van der Waals surface area contributed by atoms with E-state index in [4.69, 9.17) is 17.3 Å². The van der Waals surface area contributed by atoms with Crippen molar-refractivity contribution in [2.75, 3.05) is 0 Å². The molecule has 32 heavy (non-hydrogen) atoms. The van der Waals surface area contributed by atoms with E-state index in [1.54, 1.807) is 24.3 Å². The maximum absolute atomic E-state index is 13.3. The second-order valence-electron chi connectivity index (χ2n) is 6.45. The molecule has 0 saturated heterocycles. The summed E-state index contributed by atoms with van der Waals surface area (Å²) in [5, 5.41) is 3.05. The Morgan fingerprint density at radius 3 is 2.50 bits per heavy atom. The van der Waals surface area contributed by atoms with E-state index in [0.29, 0.717) is 17.0 Å². The second kappa shape index (κ2) is 12.3. The number of amides is 1. The Hall–Kier alpha value is -1.94. The van der Waals surface area contributed by atoms with E-state index in [9.17, 15) is 13.6 Å². The topological polar surface area (TPSA) is 67.5 Å². The third-order valence-electron chi connectivity index (χ3n) is 4.20. The number of thioether (sulfide) groups is 1. The molecule has 3 aromatic carbocycles. The van der Waals surface area contributed by atoms with E-state index in [-0.39, 0.29) is 45.4 Å². The average Bonchev–Trinajstić information content (AvgIpc) is 2.74. The zero-order chi connectivity index (χ0) is 22.4. The molecule has 0 fully saturated rings. The number of carbonyl (C=O) groups excluding carboxylic acids is 1. The number of benzene rings is 3. The standard InChI is InChI=1S/C22H17BrClF2N3OS.BrH/c23-15-3-7-18(21(30)28-11-13-1-4-16(25)5-2-13)14(9-15)12-31-22(27)29-17-6-8-20(26)19(24)10-17;/h1-10H,11-12H2,(H2,27,29)(H,28,30);1H. The molecule has 0 spiro atoms. The minimum Gasteiger partial charge on any atom is -0.378 e. The molecule has 0 radical (unpaired) electrons. The fourth-order valence-electron chi connectivity index (χ4n) is 2.65. The molecule has 3 rings (SSSR count). The number of nitrogens with two attached hydrogens (primary N) is 1. The first-order valence-corrected chi connectivity index (χ1v) is 11.2. The van der Waals surface area contributed by atoms with Crippen LogP contribution in [-0.4, -0.2) is 11.1 Å². The van der Waals surface area contributed by atoms with Crippen LogP contribution in [0.4, 0.5) is 14.5 Å². The van der Waals surface area contributed by atoms with Gasteiger partial charge in [0.15, 0.2) is 5.17 Å². The minimum absolute atomic E-state index is 0. The average molecular weight is 606 g/mol. The zero-order valence-electron chi connectivity index (χ0n) is 16.4. The van der Waals surface area contributed by atoms with Crippen molar-refractivity contribution in [1.82, 2.24) is 5.32 Å².